The molecule has 1 N–H and O–H groups in total. The number of hydrogen-bond acceptors (Lipinski definition) is 4. The summed E-state index contributed by atoms with van der Waals surface area (Å²) in [6, 6.07) is 0. The monoisotopic (exact) mass is 183 g/mol. The van der Waals surface area contributed by atoms with E-state index in [-0.39, 0.29) is 0 Å². The number of piperidine rings is 1. The molecule has 1 aromatic rings. The van der Waals surface area contributed by atoms with Crippen LogP contribution in [0.4, 0.5) is 0 Å². The van der Waals surface area contributed by atoms with E-state index in [4.69, 9.17) is 0 Å². The van der Waals surface area contributed by atoms with E-state index in [2.05, 4.69) is 19.6 Å². The predicted molar refractivity (Wildman–Crippen MR) is 46.3 cm³/mol. The van der Waals surface area contributed by atoms with E-state index >= 15 is 0 Å². The lowest BCUT2D eigenvalue weighted by molar-refractivity contribution is 0.213. The van der Waals surface area contributed by atoms with Crippen molar-refractivity contribution in [3.63, 3.8) is 0 Å². The topological polar surface area (TPSA) is 62.1 Å². The molecular formula is C8H13N3O2. The number of H-pyrrole nitrogens is 1. The molecule has 0 bridgehead atoms. The number of aromatic amines is 1. The second-order valence-corrected chi connectivity index (χ2v) is 3.38. The fourth-order valence-corrected chi connectivity index (χ4v) is 1.66. The molecule has 1 aliphatic rings. The standard InChI is InChI=1S/C8H13N3O2/c12-8-9-7(10-13-8)6-11-4-2-1-3-5-11/h1-6H2,(H,9,10,12). The van der Waals surface area contributed by atoms with Crippen molar-refractivity contribution in [3.8, 4) is 0 Å². The Hall–Kier alpha value is -1.10. The highest BCUT2D eigenvalue weighted by molar-refractivity contribution is 4.79. The van der Waals surface area contributed by atoms with Gasteiger partial charge in [-0.05, 0) is 25.9 Å². The number of aromatic nitrogens is 2. The Labute approximate surface area is 75.7 Å². The first-order valence-electron chi connectivity index (χ1n) is 4.62. The minimum Gasteiger partial charge on any atom is -0.296 e. The molecule has 1 saturated heterocycles. The van der Waals surface area contributed by atoms with E-state index in [0.717, 1.165) is 13.1 Å². The normalized spacial score (nSPS) is 19.1. The zero-order valence-electron chi connectivity index (χ0n) is 7.45. The summed E-state index contributed by atoms with van der Waals surface area (Å²) in [5.41, 5.74) is 0. The van der Waals surface area contributed by atoms with Gasteiger partial charge in [0.1, 0.15) is 0 Å². The third-order valence-corrected chi connectivity index (χ3v) is 2.31. The maximum atomic E-state index is 10.6. The van der Waals surface area contributed by atoms with Crippen molar-refractivity contribution in [2.75, 3.05) is 13.1 Å². The first kappa shape index (κ1) is 8.50. The van der Waals surface area contributed by atoms with Gasteiger partial charge < -0.3 is 0 Å². The Kier molecular flexibility index (Phi) is 2.44. The van der Waals surface area contributed by atoms with Crippen LogP contribution in [0.15, 0.2) is 9.32 Å². The van der Waals surface area contributed by atoms with Gasteiger partial charge in [-0.25, -0.2) is 4.79 Å². The summed E-state index contributed by atoms with van der Waals surface area (Å²) in [5, 5.41) is 3.63. The van der Waals surface area contributed by atoms with Gasteiger partial charge in [0.2, 0.25) is 0 Å². The summed E-state index contributed by atoms with van der Waals surface area (Å²) in [4.78, 5) is 15.5. The van der Waals surface area contributed by atoms with Gasteiger partial charge >= 0.3 is 5.76 Å². The third kappa shape index (κ3) is 2.18. The van der Waals surface area contributed by atoms with Crippen molar-refractivity contribution in [3.05, 3.63) is 16.4 Å². The Bertz CT molecular complexity index is 311. The first-order valence-corrected chi connectivity index (χ1v) is 4.62. The number of hydrogen-bond donors (Lipinski definition) is 1. The lowest BCUT2D eigenvalue weighted by atomic mass is 10.1. The number of nitrogens with zero attached hydrogens (tertiary/aromatic N) is 2. The smallest absolute Gasteiger partial charge is 0.296 e. The summed E-state index contributed by atoms with van der Waals surface area (Å²) in [7, 11) is 0. The van der Waals surface area contributed by atoms with Gasteiger partial charge in [0.25, 0.3) is 0 Å². The molecule has 0 atom stereocenters. The summed E-state index contributed by atoms with van der Waals surface area (Å²) < 4.78 is 4.42. The highest BCUT2D eigenvalue weighted by Crippen LogP contribution is 2.09. The van der Waals surface area contributed by atoms with E-state index in [1.165, 1.54) is 19.3 Å². The molecule has 0 amide bonds. The molecule has 0 saturated carbocycles. The van der Waals surface area contributed by atoms with E-state index < -0.39 is 5.76 Å². The Morgan fingerprint density at radius 2 is 2.15 bits per heavy atom. The minimum absolute atomic E-state index is 0.466. The van der Waals surface area contributed by atoms with E-state index in [0.29, 0.717) is 12.4 Å². The molecule has 1 aliphatic heterocycles. The highest BCUT2D eigenvalue weighted by Gasteiger charge is 2.12. The largest absolute Gasteiger partial charge is 0.438 e. The van der Waals surface area contributed by atoms with Crippen LogP contribution in [0.5, 0.6) is 0 Å². The van der Waals surface area contributed by atoms with E-state index in [1.807, 2.05) is 0 Å². The average molecular weight is 183 g/mol. The Morgan fingerprint density at radius 3 is 2.77 bits per heavy atom. The van der Waals surface area contributed by atoms with Gasteiger partial charge in [-0.3, -0.25) is 14.4 Å². The van der Waals surface area contributed by atoms with Crippen molar-refractivity contribution in [2.45, 2.75) is 25.8 Å². The van der Waals surface area contributed by atoms with Gasteiger partial charge in [-0.2, -0.15) is 0 Å². The molecule has 2 heterocycles. The number of rotatable bonds is 2. The molecule has 0 aromatic carbocycles. The predicted octanol–water partition coefficient (Wildman–Crippen LogP) is 0.349. The van der Waals surface area contributed by atoms with Gasteiger partial charge in [-0.15, -0.1) is 0 Å². The van der Waals surface area contributed by atoms with Crippen molar-refractivity contribution < 1.29 is 4.52 Å². The van der Waals surface area contributed by atoms with Gasteiger partial charge in [0.05, 0.1) is 6.54 Å². The van der Waals surface area contributed by atoms with Crippen LogP contribution in [-0.4, -0.2) is 28.1 Å². The van der Waals surface area contributed by atoms with Crippen LogP contribution in [0.1, 0.15) is 25.1 Å². The second-order valence-electron chi connectivity index (χ2n) is 3.38. The SMILES string of the molecule is O=c1[nH]c(CN2CCCCC2)no1. The fraction of sp³-hybridized carbons (Fsp3) is 0.750. The van der Waals surface area contributed by atoms with Crippen molar-refractivity contribution in [1.29, 1.82) is 0 Å². The number of likely N-dealkylation sites (tertiary alicyclic amines) is 1. The maximum absolute atomic E-state index is 10.6. The summed E-state index contributed by atoms with van der Waals surface area (Å²) in [6.07, 6.45) is 3.79. The molecule has 1 fully saturated rings. The lowest BCUT2D eigenvalue weighted by Crippen LogP contribution is -2.29. The highest BCUT2D eigenvalue weighted by atomic mass is 16.5. The van der Waals surface area contributed by atoms with Gasteiger partial charge in [0, 0.05) is 0 Å². The average Bonchev–Trinajstić information content (AvgIpc) is 2.53. The fourth-order valence-electron chi connectivity index (χ4n) is 1.66. The quantitative estimate of drug-likeness (QED) is 0.718. The lowest BCUT2D eigenvalue weighted by Gasteiger charge is -2.24. The first-order chi connectivity index (χ1) is 6.34. The molecular weight excluding hydrogens is 170 g/mol. The molecule has 0 radical (unpaired) electrons. The second kappa shape index (κ2) is 3.74. The Morgan fingerprint density at radius 1 is 1.38 bits per heavy atom. The van der Waals surface area contributed by atoms with Crippen molar-refractivity contribution in [2.24, 2.45) is 0 Å². The van der Waals surface area contributed by atoms with Crippen LogP contribution < -0.4 is 5.76 Å². The molecule has 13 heavy (non-hydrogen) atoms. The molecule has 1 aromatic heterocycles. The molecule has 2 rings (SSSR count). The molecule has 0 spiro atoms. The van der Waals surface area contributed by atoms with Crippen LogP contribution in [0.2, 0.25) is 0 Å². The van der Waals surface area contributed by atoms with Crippen LogP contribution in [0.25, 0.3) is 0 Å². The van der Waals surface area contributed by atoms with Crippen molar-refractivity contribution >= 4 is 0 Å². The van der Waals surface area contributed by atoms with E-state index in [9.17, 15) is 4.79 Å². The van der Waals surface area contributed by atoms with Gasteiger partial charge in [0.15, 0.2) is 5.82 Å². The molecule has 72 valence electrons. The van der Waals surface area contributed by atoms with Gasteiger partial charge in [-0.1, -0.05) is 11.6 Å². The molecule has 5 heteroatoms. The zero-order valence-corrected chi connectivity index (χ0v) is 7.45. The van der Waals surface area contributed by atoms with Crippen LogP contribution in [0, 0.1) is 0 Å². The van der Waals surface area contributed by atoms with Crippen LogP contribution >= 0.6 is 0 Å². The third-order valence-electron chi connectivity index (χ3n) is 2.31. The van der Waals surface area contributed by atoms with Crippen molar-refractivity contribution in [1.82, 2.24) is 15.0 Å². The summed E-state index contributed by atoms with van der Waals surface area (Å²) in [5.74, 6) is 0.166. The summed E-state index contributed by atoms with van der Waals surface area (Å²) in [6.45, 7) is 2.88. The number of nitrogens with one attached hydrogen (secondary N) is 1. The Balaban J connectivity index is 1.93. The molecule has 0 unspecified atom stereocenters. The van der Waals surface area contributed by atoms with E-state index in [1.54, 1.807) is 0 Å². The van der Waals surface area contributed by atoms with Crippen LogP contribution in [-0.2, 0) is 6.54 Å². The maximum Gasteiger partial charge on any atom is 0.438 e. The minimum atomic E-state index is -0.466. The zero-order chi connectivity index (χ0) is 9.10. The molecule has 0 aliphatic carbocycles. The molecule has 5 nitrogen and oxygen atoms in total. The summed E-state index contributed by atoms with van der Waals surface area (Å²) >= 11 is 0. The van der Waals surface area contributed by atoms with Crippen LogP contribution in [0.3, 0.4) is 0 Å².